The second-order valence-electron chi connectivity index (χ2n) is 10.3. The lowest BCUT2D eigenvalue weighted by Crippen LogP contribution is -2.52. The summed E-state index contributed by atoms with van der Waals surface area (Å²) in [4.78, 5) is 32.8. The van der Waals surface area contributed by atoms with E-state index in [0.717, 1.165) is 48.2 Å². The van der Waals surface area contributed by atoms with E-state index in [9.17, 15) is 18.0 Å². The van der Waals surface area contributed by atoms with Crippen LogP contribution in [0.3, 0.4) is 0 Å². The van der Waals surface area contributed by atoms with Gasteiger partial charge in [-0.05, 0) is 68.5 Å². The SMILES string of the molecule is Cc1cccc(N2CCC(CCNC(=O)CC3C(=O)Nc4ccccc4N3S(=O)(=O)c3cccc(Cl)c3Cl)CC2)n1. The minimum Gasteiger partial charge on any atom is -0.357 e. The van der Waals surface area contributed by atoms with E-state index in [2.05, 4.69) is 20.5 Å². The molecule has 0 aliphatic carbocycles. The Morgan fingerprint density at radius 2 is 1.78 bits per heavy atom. The van der Waals surface area contributed by atoms with E-state index in [0.29, 0.717) is 18.2 Å². The van der Waals surface area contributed by atoms with Crippen LogP contribution in [-0.4, -0.2) is 50.9 Å². The number of carbonyl (C=O) groups excluding carboxylic acids is 2. The number of benzene rings is 2. The molecule has 2 amide bonds. The summed E-state index contributed by atoms with van der Waals surface area (Å²) in [5.74, 6) is 0.423. The van der Waals surface area contributed by atoms with Gasteiger partial charge in [0.05, 0.1) is 27.8 Å². The average Bonchev–Trinajstić information content (AvgIpc) is 2.95. The van der Waals surface area contributed by atoms with Crippen molar-refractivity contribution < 1.29 is 18.0 Å². The molecule has 12 heteroatoms. The number of amides is 2. The number of aromatic nitrogens is 1. The molecule has 1 fully saturated rings. The molecule has 0 spiro atoms. The van der Waals surface area contributed by atoms with Gasteiger partial charge in [0.2, 0.25) is 11.8 Å². The molecule has 9 nitrogen and oxygen atoms in total. The molecule has 1 unspecified atom stereocenters. The smallest absolute Gasteiger partial charge is 0.266 e. The normalized spacial score (nSPS) is 17.6. The highest BCUT2D eigenvalue weighted by Gasteiger charge is 2.42. The van der Waals surface area contributed by atoms with Crippen LogP contribution in [0.25, 0.3) is 0 Å². The molecule has 5 rings (SSSR count). The largest absolute Gasteiger partial charge is 0.357 e. The van der Waals surface area contributed by atoms with E-state index in [4.69, 9.17) is 23.2 Å². The fraction of sp³-hybridized carbons (Fsp3) is 0.345. The molecule has 41 heavy (non-hydrogen) atoms. The van der Waals surface area contributed by atoms with Crippen LogP contribution in [0.2, 0.25) is 10.0 Å². The first-order chi connectivity index (χ1) is 19.6. The van der Waals surface area contributed by atoms with Gasteiger partial charge in [-0.1, -0.05) is 47.5 Å². The molecule has 2 aliphatic rings. The minimum absolute atomic E-state index is 0.0674. The van der Waals surface area contributed by atoms with E-state index >= 15 is 0 Å². The standard InChI is InChI=1S/C29H31Cl2N5O4S/c1-19-6-4-11-26(33-19)35-16-13-20(14-17-35)12-15-32-27(37)18-24-29(38)34-22-8-2-3-9-23(22)36(24)41(39,40)25-10-5-7-21(30)28(25)31/h2-11,20,24H,12-18H2,1H3,(H,32,37)(H,34,38). The molecule has 0 radical (unpaired) electrons. The predicted octanol–water partition coefficient (Wildman–Crippen LogP) is 5.03. The van der Waals surface area contributed by atoms with Crippen molar-refractivity contribution in [3.63, 3.8) is 0 Å². The van der Waals surface area contributed by atoms with Gasteiger partial charge in [0, 0.05) is 25.3 Å². The fourth-order valence-corrected chi connectivity index (χ4v) is 7.71. The molecule has 0 saturated carbocycles. The highest BCUT2D eigenvalue weighted by atomic mass is 35.5. The Labute approximate surface area is 249 Å². The predicted molar refractivity (Wildman–Crippen MR) is 161 cm³/mol. The van der Waals surface area contributed by atoms with Crippen LogP contribution in [0.4, 0.5) is 17.2 Å². The van der Waals surface area contributed by atoms with Crippen molar-refractivity contribution in [2.75, 3.05) is 34.2 Å². The van der Waals surface area contributed by atoms with E-state index in [1.54, 1.807) is 24.3 Å². The molecule has 2 aromatic carbocycles. The summed E-state index contributed by atoms with van der Waals surface area (Å²) in [6.45, 7) is 4.21. The van der Waals surface area contributed by atoms with Crippen LogP contribution in [0, 0.1) is 12.8 Å². The summed E-state index contributed by atoms with van der Waals surface area (Å²) in [6, 6.07) is 15.5. The molecule has 3 aromatic rings. The maximum absolute atomic E-state index is 13.9. The van der Waals surface area contributed by atoms with Crippen LogP contribution < -0.4 is 19.8 Å². The Hall–Kier alpha value is -3.34. The number of anilines is 3. The summed E-state index contributed by atoms with van der Waals surface area (Å²) >= 11 is 12.4. The van der Waals surface area contributed by atoms with Gasteiger partial charge in [-0.3, -0.25) is 13.9 Å². The third kappa shape index (κ3) is 6.29. The first-order valence-electron chi connectivity index (χ1n) is 13.5. The number of piperidine rings is 1. The molecule has 0 bridgehead atoms. The van der Waals surface area contributed by atoms with Gasteiger partial charge in [-0.25, -0.2) is 13.4 Å². The molecule has 1 atom stereocenters. The van der Waals surface area contributed by atoms with Crippen molar-refractivity contribution in [2.45, 2.75) is 43.5 Å². The summed E-state index contributed by atoms with van der Waals surface area (Å²) in [6.07, 6.45) is 2.41. The van der Waals surface area contributed by atoms with Crippen LogP contribution in [0.5, 0.6) is 0 Å². The molecule has 3 heterocycles. The second-order valence-corrected chi connectivity index (χ2v) is 12.9. The summed E-state index contributed by atoms with van der Waals surface area (Å²) in [5.41, 5.74) is 1.56. The Morgan fingerprint density at radius 3 is 2.54 bits per heavy atom. The number of hydrogen-bond donors (Lipinski definition) is 2. The third-order valence-corrected chi connectivity index (χ3v) is 10.3. The van der Waals surface area contributed by atoms with Gasteiger partial charge in [0.25, 0.3) is 10.0 Å². The number of para-hydroxylation sites is 2. The van der Waals surface area contributed by atoms with Gasteiger partial charge >= 0.3 is 0 Å². The lowest BCUT2D eigenvalue weighted by atomic mass is 9.93. The number of aryl methyl sites for hydroxylation is 1. The lowest BCUT2D eigenvalue weighted by molar-refractivity contribution is -0.125. The number of rotatable bonds is 8. The highest BCUT2D eigenvalue weighted by Crippen LogP contribution is 2.40. The van der Waals surface area contributed by atoms with Crippen molar-refractivity contribution in [3.8, 4) is 0 Å². The Morgan fingerprint density at radius 1 is 1.05 bits per heavy atom. The molecule has 2 aliphatic heterocycles. The van der Waals surface area contributed by atoms with Gasteiger partial charge < -0.3 is 15.5 Å². The zero-order valence-electron chi connectivity index (χ0n) is 22.5. The van der Waals surface area contributed by atoms with Gasteiger partial charge in [0.15, 0.2) is 0 Å². The van der Waals surface area contributed by atoms with Crippen LogP contribution in [0.15, 0.2) is 65.6 Å². The van der Waals surface area contributed by atoms with Gasteiger partial charge in [-0.2, -0.15) is 0 Å². The van der Waals surface area contributed by atoms with E-state index < -0.39 is 27.9 Å². The van der Waals surface area contributed by atoms with Crippen molar-refractivity contribution in [1.29, 1.82) is 0 Å². The molecule has 2 N–H and O–H groups in total. The molecular weight excluding hydrogens is 585 g/mol. The Kier molecular flexibility index (Phi) is 8.72. The minimum atomic E-state index is -4.36. The zero-order chi connectivity index (χ0) is 29.1. The van der Waals surface area contributed by atoms with Gasteiger partial charge in [-0.15, -0.1) is 0 Å². The average molecular weight is 617 g/mol. The third-order valence-electron chi connectivity index (χ3n) is 7.50. The second kappa shape index (κ2) is 12.3. The number of nitrogens with one attached hydrogen (secondary N) is 2. The van der Waals surface area contributed by atoms with Crippen molar-refractivity contribution >= 4 is 62.2 Å². The summed E-state index contributed by atoms with van der Waals surface area (Å²) in [7, 11) is -4.36. The number of hydrogen-bond acceptors (Lipinski definition) is 6. The van der Waals surface area contributed by atoms with Crippen LogP contribution in [0.1, 0.15) is 31.4 Å². The summed E-state index contributed by atoms with van der Waals surface area (Å²) in [5, 5.41) is 5.54. The van der Waals surface area contributed by atoms with E-state index in [1.807, 2.05) is 25.1 Å². The first-order valence-corrected chi connectivity index (χ1v) is 15.7. The maximum atomic E-state index is 13.9. The maximum Gasteiger partial charge on any atom is 0.266 e. The van der Waals surface area contributed by atoms with E-state index in [-0.39, 0.29) is 27.0 Å². The van der Waals surface area contributed by atoms with Gasteiger partial charge in [0.1, 0.15) is 16.8 Å². The van der Waals surface area contributed by atoms with Crippen molar-refractivity contribution in [3.05, 3.63) is 76.4 Å². The topological polar surface area (TPSA) is 112 Å². The monoisotopic (exact) mass is 615 g/mol. The number of nitrogens with zero attached hydrogens (tertiary/aromatic N) is 3. The van der Waals surface area contributed by atoms with Crippen LogP contribution >= 0.6 is 23.2 Å². The van der Waals surface area contributed by atoms with Crippen molar-refractivity contribution in [1.82, 2.24) is 10.3 Å². The quantitative estimate of drug-likeness (QED) is 0.368. The molecule has 1 saturated heterocycles. The zero-order valence-corrected chi connectivity index (χ0v) is 24.8. The Bertz CT molecular complexity index is 1560. The molecular formula is C29H31Cl2N5O4S. The number of halogens is 2. The number of fused-ring (bicyclic) bond motifs is 1. The fourth-order valence-electron chi connectivity index (χ4n) is 5.34. The Balaban J connectivity index is 1.24. The molecule has 1 aromatic heterocycles. The summed E-state index contributed by atoms with van der Waals surface area (Å²) < 4.78 is 28.8. The number of sulfonamides is 1. The lowest BCUT2D eigenvalue weighted by Gasteiger charge is -2.37. The van der Waals surface area contributed by atoms with Crippen molar-refractivity contribution in [2.24, 2.45) is 5.92 Å². The van der Waals surface area contributed by atoms with Crippen LogP contribution in [-0.2, 0) is 19.6 Å². The van der Waals surface area contributed by atoms with E-state index in [1.165, 1.54) is 18.2 Å². The number of carbonyl (C=O) groups is 2. The first kappa shape index (κ1) is 29.2. The number of pyridine rings is 1. The highest BCUT2D eigenvalue weighted by molar-refractivity contribution is 7.93. The molecule has 216 valence electrons.